The first-order valence-corrected chi connectivity index (χ1v) is 19.2. The molecule has 0 bridgehead atoms. The first-order chi connectivity index (χ1) is 27.2. The summed E-state index contributed by atoms with van der Waals surface area (Å²) in [6, 6.07) is 62.1. The molecule has 8 aromatic carbocycles. The SMILES string of the molecule is c1ccc(-c2nc3ccc4oc5ccc(N(c6ccc7c(c6)sc6ccccc67)c6ccc7c8ccccc8n(-c8ccccc8)c7c6)cc5c4c3o2)cc1. The number of anilines is 3. The number of fused-ring (bicyclic) bond motifs is 11. The van der Waals surface area contributed by atoms with Gasteiger partial charge in [0, 0.05) is 64.6 Å². The molecule has 55 heavy (non-hydrogen) atoms. The van der Waals surface area contributed by atoms with Crippen molar-refractivity contribution in [3.63, 3.8) is 0 Å². The zero-order chi connectivity index (χ0) is 36.0. The molecule has 0 saturated heterocycles. The topological polar surface area (TPSA) is 47.3 Å². The molecular weight excluding hydrogens is 695 g/mol. The van der Waals surface area contributed by atoms with Gasteiger partial charge in [0.05, 0.1) is 16.4 Å². The van der Waals surface area contributed by atoms with E-state index in [1.54, 1.807) is 0 Å². The maximum atomic E-state index is 6.53. The van der Waals surface area contributed by atoms with E-state index < -0.39 is 0 Å². The molecule has 0 aliphatic carbocycles. The predicted octanol–water partition coefficient (Wildman–Crippen LogP) is 14.3. The van der Waals surface area contributed by atoms with Gasteiger partial charge in [-0.05, 0) is 91.0 Å². The molecule has 258 valence electrons. The van der Waals surface area contributed by atoms with Crippen molar-refractivity contribution in [3.8, 4) is 17.1 Å². The highest BCUT2D eigenvalue weighted by molar-refractivity contribution is 7.25. The fraction of sp³-hybridized carbons (Fsp3) is 0. The standard InChI is InChI=1S/C49H29N3O2S/c1-3-11-30(12-4-1)49-50-40-24-26-44-47(48(40)54-49)39-27-32(21-25-43(39)53-44)51(34-20-23-38-37-16-8-10-18-45(37)55-46(38)29-34)33-19-22-36-35-15-7-9-17-41(35)52(42(36)28-33)31-13-5-2-6-14-31/h1-29H. The van der Waals surface area contributed by atoms with Crippen molar-refractivity contribution < 1.29 is 8.83 Å². The van der Waals surface area contributed by atoms with Crippen LogP contribution in [0.3, 0.4) is 0 Å². The molecule has 0 N–H and O–H groups in total. The molecule has 6 heteroatoms. The minimum atomic E-state index is 0.592. The third kappa shape index (κ3) is 4.62. The van der Waals surface area contributed by atoms with E-state index in [4.69, 9.17) is 13.8 Å². The van der Waals surface area contributed by atoms with Crippen molar-refractivity contribution in [3.05, 3.63) is 176 Å². The Kier molecular flexibility index (Phi) is 6.44. The van der Waals surface area contributed by atoms with Crippen LogP contribution in [0.25, 0.3) is 92.2 Å². The number of nitrogens with zero attached hydrogens (tertiary/aromatic N) is 3. The number of benzene rings is 8. The van der Waals surface area contributed by atoms with Gasteiger partial charge >= 0.3 is 0 Å². The molecule has 12 aromatic rings. The maximum Gasteiger partial charge on any atom is 0.227 e. The fourth-order valence-electron chi connectivity index (χ4n) is 8.33. The molecule has 0 aliphatic rings. The smallest absolute Gasteiger partial charge is 0.227 e. The van der Waals surface area contributed by atoms with Gasteiger partial charge in [0.25, 0.3) is 0 Å². The molecule has 0 fully saturated rings. The van der Waals surface area contributed by atoms with Gasteiger partial charge in [-0.2, -0.15) is 0 Å². The molecule has 0 saturated carbocycles. The second-order valence-electron chi connectivity index (χ2n) is 14.0. The van der Waals surface area contributed by atoms with Gasteiger partial charge in [-0.3, -0.25) is 0 Å². The average molecular weight is 724 g/mol. The van der Waals surface area contributed by atoms with E-state index in [2.05, 4.69) is 143 Å². The van der Waals surface area contributed by atoms with Gasteiger partial charge in [0.2, 0.25) is 5.89 Å². The van der Waals surface area contributed by atoms with Crippen LogP contribution < -0.4 is 4.90 Å². The Bertz CT molecular complexity index is 3450. The van der Waals surface area contributed by atoms with Crippen LogP contribution in [0, 0.1) is 0 Å². The van der Waals surface area contributed by atoms with Gasteiger partial charge in [0.1, 0.15) is 16.7 Å². The van der Waals surface area contributed by atoms with Gasteiger partial charge < -0.3 is 18.3 Å². The third-order valence-electron chi connectivity index (χ3n) is 10.8. The second kappa shape index (κ2) is 11.7. The number of hydrogen-bond acceptors (Lipinski definition) is 5. The highest BCUT2D eigenvalue weighted by atomic mass is 32.1. The Morgan fingerprint density at radius 3 is 2.00 bits per heavy atom. The quantitative estimate of drug-likeness (QED) is 0.177. The van der Waals surface area contributed by atoms with E-state index in [0.717, 1.165) is 66.9 Å². The van der Waals surface area contributed by atoms with Crippen molar-refractivity contribution in [2.24, 2.45) is 0 Å². The lowest BCUT2D eigenvalue weighted by molar-refractivity contribution is 0.622. The van der Waals surface area contributed by atoms with Crippen LogP contribution in [0.1, 0.15) is 0 Å². The summed E-state index contributed by atoms with van der Waals surface area (Å²) < 4.78 is 17.9. The van der Waals surface area contributed by atoms with E-state index in [1.807, 2.05) is 53.8 Å². The van der Waals surface area contributed by atoms with Crippen molar-refractivity contribution in [1.82, 2.24) is 9.55 Å². The first kappa shape index (κ1) is 30.3. The van der Waals surface area contributed by atoms with Crippen molar-refractivity contribution in [2.75, 3.05) is 4.90 Å². The zero-order valence-corrected chi connectivity index (χ0v) is 30.1. The van der Waals surface area contributed by atoms with Crippen LogP contribution in [0.2, 0.25) is 0 Å². The molecule has 5 nitrogen and oxygen atoms in total. The number of hydrogen-bond donors (Lipinski definition) is 0. The molecule has 0 radical (unpaired) electrons. The molecule has 0 spiro atoms. The normalized spacial score (nSPS) is 12.0. The van der Waals surface area contributed by atoms with Crippen LogP contribution in [-0.4, -0.2) is 9.55 Å². The van der Waals surface area contributed by atoms with Crippen LogP contribution in [0.4, 0.5) is 17.1 Å². The van der Waals surface area contributed by atoms with E-state index in [-0.39, 0.29) is 0 Å². The maximum absolute atomic E-state index is 6.53. The lowest BCUT2D eigenvalue weighted by atomic mass is 10.1. The minimum Gasteiger partial charge on any atom is -0.456 e. The van der Waals surface area contributed by atoms with Crippen LogP contribution in [0.15, 0.2) is 185 Å². The summed E-state index contributed by atoms with van der Waals surface area (Å²) in [4.78, 5) is 7.24. The van der Waals surface area contributed by atoms with E-state index >= 15 is 0 Å². The van der Waals surface area contributed by atoms with Crippen LogP contribution >= 0.6 is 11.3 Å². The summed E-state index contributed by atoms with van der Waals surface area (Å²) in [5.41, 5.74) is 10.6. The number of aromatic nitrogens is 2. The van der Waals surface area contributed by atoms with Crippen molar-refractivity contribution in [1.29, 1.82) is 0 Å². The van der Waals surface area contributed by atoms with E-state index in [0.29, 0.717) is 5.89 Å². The average Bonchev–Trinajstić information content (AvgIpc) is 4.01. The summed E-state index contributed by atoms with van der Waals surface area (Å²) in [5.74, 6) is 0.592. The van der Waals surface area contributed by atoms with E-state index in [9.17, 15) is 0 Å². The molecule has 0 amide bonds. The fourth-order valence-corrected chi connectivity index (χ4v) is 9.47. The van der Waals surface area contributed by atoms with Crippen molar-refractivity contribution >= 4 is 103 Å². The predicted molar refractivity (Wildman–Crippen MR) is 229 cm³/mol. The summed E-state index contributed by atoms with van der Waals surface area (Å²) in [6.07, 6.45) is 0. The number of para-hydroxylation sites is 2. The summed E-state index contributed by atoms with van der Waals surface area (Å²) >= 11 is 1.83. The number of thiophene rings is 1. The molecule has 4 heterocycles. The van der Waals surface area contributed by atoms with E-state index in [1.165, 1.54) is 36.5 Å². The van der Waals surface area contributed by atoms with Gasteiger partial charge in [-0.1, -0.05) is 84.9 Å². The highest BCUT2D eigenvalue weighted by Gasteiger charge is 2.22. The van der Waals surface area contributed by atoms with Crippen molar-refractivity contribution in [2.45, 2.75) is 0 Å². The monoisotopic (exact) mass is 723 g/mol. The second-order valence-corrected chi connectivity index (χ2v) is 15.0. The van der Waals surface area contributed by atoms with Crippen LogP contribution in [0.5, 0.6) is 0 Å². The summed E-state index contributed by atoms with van der Waals surface area (Å²) in [6.45, 7) is 0. The Morgan fingerprint density at radius 1 is 0.473 bits per heavy atom. The largest absolute Gasteiger partial charge is 0.456 e. The zero-order valence-electron chi connectivity index (χ0n) is 29.3. The molecular formula is C49H29N3O2S. The summed E-state index contributed by atoms with van der Waals surface area (Å²) in [7, 11) is 0. The lowest BCUT2D eigenvalue weighted by Gasteiger charge is -2.26. The molecule has 0 aliphatic heterocycles. The molecule has 0 atom stereocenters. The highest BCUT2D eigenvalue weighted by Crippen LogP contribution is 2.45. The Hall–Kier alpha value is -7.15. The Balaban J connectivity index is 1.11. The minimum absolute atomic E-state index is 0.592. The van der Waals surface area contributed by atoms with Crippen LogP contribution in [-0.2, 0) is 0 Å². The Labute approximate surface area is 318 Å². The number of furan rings is 1. The number of rotatable bonds is 5. The van der Waals surface area contributed by atoms with Gasteiger partial charge in [-0.15, -0.1) is 11.3 Å². The lowest BCUT2D eigenvalue weighted by Crippen LogP contribution is -2.10. The first-order valence-electron chi connectivity index (χ1n) is 18.4. The van der Waals surface area contributed by atoms with Gasteiger partial charge in [-0.25, -0.2) is 4.98 Å². The third-order valence-corrected chi connectivity index (χ3v) is 11.9. The summed E-state index contributed by atoms with van der Waals surface area (Å²) in [5, 5.41) is 6.88. The molecule has 4 aromatic heterocycles. The molecule has 12 rings (SSSR count). The van der Waals surface area contributed by atoms with Gasteiger partial charge in [0.15, 0.2) is 5.58 Å². The number of oxazole rings is 1. The Morgan fingerprint density at radius 2 is 1.13 bits per heavy atom. The molecule has 0 unspecified atom stereocenters.